The molecule has 1 unspecified atom stereocenters. The largest absolute Gasteiger partial charge is 0.496 e. The Bertz CT molecular complexity index is 385. The van der Waals surface area contributed by atoms with Crippen molar-refractivity contribution < 1.29 is 4.74 Å². The van der Waals surface area contributed by atoms with Crippen LogP contribution in [0, 0.1) is 13.8 Å². The predicted molar refractivity (Wildman–Crippen MR) is 86.5 cm³/mol. The lowest BCUT2D eigenvalue weighted by Gasteiger charge is -2.23. The molecule has 108 valence electrons. The molecule has 19 heavy (non-hydrogen) atoms. The van der Waals surface area contributed by atoms with Crippen LogP contribution in [0.5, 0.6) is 5.75 Å². The molecule has 3 heteroatoms. The van der Waals surface area contributed by atoms with E-state index in [2.05, 4.69) is 44.5 Å². The van der Waals surface area contributed by atoms with E-state index in [-0.39, 0.29) is 0 Å². The zero-order valence-electron chi connectivity index (χ0n) is 12.9. The molecule has 0 aliphatic rings. The lowest BCUT2D eigenvalue weighted by molar-refractivity contribution is 0.394. The molecule has 0 aliphatic carbocycles. The SMILES string of the molecule is CCCNC(CCSC)c1ccc(C)c(C)c1OC. The number of rotatable bonds is 8. The molecule has 0 saturated heterocycles. The standard InChI is InChI=1S/C16H27NOS/c1-6-10-17-15(9-11-19-5)14-8-7-12(2)13(3)16(14)18-4/h7-8,15,17H,6,9-11H2,1-5H3. The Kier molecular flexibility index (Phi) is 7.32. The smallest absolute Gasteiger partial charge is 0.126 e. The molecule has 0 spiro atoms. The first-order chi connectivity index (χ1) is 9.15. The van der Waals surface area contributed by atoms with Crippen LogP contribution in [-0.2, 0) is 0 Å². The Morgan fingerprint density at radius 3 is 2.63 bits per heavy atom. The molecule has 0 aliphatic heterocycles. The minimum Gasteiger partial charge on any atom is -0.496 e. The second-order valence-corrected chi connectivity index (χ2v) is 5.90. The topological polar surface area (TPSA) is 21.3 Å². The molecule has 0 fully saturated rings. The molecule has 1 rings (SSSR count). The molecule has 1 aromatic rings. The number of nitrogens with one attached hydrogen (secondary N) is 1. The van der Waals surface area contributed by atoms with Crippen LogP contribution in [-0.4, -0.2) is 25.7 Å². The third-order valence-electron chi connectivity index (χ3n) is 3.54. The summed E-state index contributed by atoms with van der Waals surface area (Å²) in [4.78, 5) is 0. The predicted octanol–water partition coefficient (Wildman–Crippen LogP) is 4.11. The molecule has 0 radical (unpaired) electrons. The fourth-order valence-corrected chi connectivity index (χ4v) is 2.75. The van der Waals surface area contributed by atoms with E-state index in [0.717, 1.165) is 30.9 Å². The maximum atomic E-state index is 5.65. The third-order valence-corrected chi connectivity index (χ3v) is 4.18. The van der Waals surface area contributed by atoms with E-state index in [1.165, 1.54) is 16.7 Å². The second kappa shape index (κ2) is 8.49. The van der Waals surface area contributed by atoms with Gasteiger partial charge in [0.15, 0.2) is 0 Å². The van der Waals surface area contributed by atoms with Crippen molar-refractivity contribution in [2.75, 3.05) is 25.7 Å². The number of aryl methyl sites for hydroxylation is 1. The number of methoxy groups -OCH3 is 1. The van der Waals surface area contributed by atoms with Gasteiger partial charge in [-0.2, -0.15) is 11.8 Å². The summed E-state index contributed by atoms with van der Waals surface area (Å²) in [7, 11) is 1.77. The van der Waals surface area contributed by atoms with Crippen molar-refractivity contribution in [3.63, 3.8) is 0 Å². The summed E-state index contributed by atoms with van der Waals surface area (Å²) in [5.41, 5.74) is 3.85. The van der Waals surface area contributed by atoms with E-state index in [1.54, 1.807) is 7.11 Å². The van der Waals surface area contributed by atoms with E-state index >= 15 is 0 Å². The molecule has 0 amide bonds. The Morgan fingerprint density at radius 1 is 1.32 bits per heavy atom. The summed E-state index contributed by atoms with van der Waals surface area (Å²) in [6, 6.07) is 4.81. The highest BCUT2D eigenvalue weighted by atomic mass is 32.2. The number of hydrogen-bond acceptors (Lipinski definition) is 3. The monoisotopic (exact) mass is 281 g/mol. The highest BCUT2D eigenvalue weighted by Crippen LogP contribution is 2.32. The Balaban J connectivity index is 3.02. The molecule has 1 aromatic carbocycles. The van der Waals surface area contributed by atoms with Crippen molar-refractivity contribution in [1.29, 1.82) is 0 Å². The first-order valence-corrected chi connectivity index (χ1v) is 8.41. The van der Waals surface area contributed by atoms with Crippen molar-refractivity contribution in [3.8, 4) is 5.75 Å². The molecule has 2 nitrogen and oxygen atoms in total. The zero-order chi connectivity index (χ0) is 14.3. The van der Waals surface area contributed by atoms with E-state index in [9.17, 15) is 0 Å². The van der Waals surface area contributed by atoms with Crippen LogP contribution in [0.1, 0.15) is 42.5 Å². The number of thioether (sulfide) groups is 1. The minimum atomic E-state index is 0.390. The maximum Gasteiger partial charge on any atom is 0.126 e. The van der Waals surface area contributed by atoms with E-state index in [0.29, 0.717) is 6.04 Å². The Morgan fingerprint density at radius 2 is 2.05 bits per heavy atom. The number of benzene rings is 1. The molecule has 0 aromatic heterocycles. The van der Waals surface area contributed by atoms with Crippen molar-refractivity contribution >= 4 is 11.8 Å². The summed E-state index contributed by atoms with van der Waals surface area (Å²) >= 11 is 1.90. The zero-order valence-corrected chi connectivity index (χ0v) is 13.7. The van der Waals surface area contributed by atoms with Crippen molar-refractivity contribution in [2.45, 2.75) is 39.7 Å². The Hall–Kier alpha value is -0.670. The molecular formula is C16H27NOS. The second-order valence-electron chi connectivity index (χ2n) is 4.92. The van der Waals surface area contributed by atoms with Crippen molar-refractivity contribution in [1.82, 2.24) is 5.32 Å². The maximum absolute atomic E-state index is 5.65. The van der Waals surface area contributed by atoms with Gasteiger partial charge < -0.3 is 10.1 Å². The number of hydrogen-bond donors (Lipinski definition) is 1. The van der Waals surface area contributed by atoms with E-state index in [4.69, 9.17) is 4.74 Å². The van der Waals surface area contributed by atoms with E-state index < -0.39 is 0 Å². The van der Waals surface area contributed by atoms with Gasteiger partial charge >= 0.3 is 0 Å². The van der Waals surface area contributed by atoms with Crippen LogP contribution in [0.15, 0.2) is 12.1 Å². The highest BCUT2D eigenvalue weighted by Gasteiger charge is 2.17. The van der Waals surface area contributed by atoms with Gasteiger partial charge in [-0.25, -0.2) is 0 Å². The first kappa shape index (κ1) is 16.4. The van der Waals surface area contributed by atoms with Gasteiger partial charge in [-0.05, 0) is 56.4 Å². The van der Waals surface area contributed by atoms with Crippen LogP contribution < -0.4 is 10.1 Å². The molecule has 0 saturated carbocycles. The third kappa shape index (κ3) is 4.43. The normalized spacial score (nSPS) is 12.5. The average Bonchev–Trinajstić information content (AvgIpc) is 2.42. The lowest BCUT2D eigenvalue weighted by atomic mass is 9.97. The molecule has 1 atom stereocenters. The van der Waals surface area contributed by atoms with Crippen LogP contribution in [0.2, 0.25) is 0 Å². The average molecular weight is 281 g/mol. The summed E-state index contributed by atoms with van der Waals surface area (Å²) in [6.07, 6.45) is 4.46. The molecular weight excluding hydrogens is 254 g/mol. The van der Waals surface area contributed by atoms with Crippen LogP contribution in [0.4, 0.5) is 0 Å². The molecule has 0 heterocycles. The van der Waals surface area contributed by atoms with Gasteiger partial charge in [0, 0.05) is 11.6 Å². The fourth-order valence-electron chi connectivity index (χ4n) is 2.28. The van der Waals surface area contributed by atoms with Gasteiger partial charge in [0.2, 0.25) is 0 Å². The van der Waals surface area contributed by atoms with Crippen molar-refractivity contribution in [3.05, 3.63) is 28.8 Å². The summed E-state index contributed by atoms with van der Waals surface area (Å²) in [6.45, 7) is 7.53. The Labute approximate surface area is 122 Å². The minimum absolute atomic E-state index is 0.390. The quantitative estimate of drug-likeness (QED) is 0.775. The summed E-state index contributed by atoms with van der Waals surface area (Å²) in [5.74, 6) is 2.21. The van der Waals surface area contributed by atoms with Crippen LogP contribution in [0.3, 0.4) is 0 Å². The van der Waals surface area contributed by atoms with Gasteiger partial charge in [-0.3, -0.25) is 0 Å². The van der Waals surface area contributed by atoms with Gasteiger partial charge in [0.1, 0.15) is 5.75 Å². The highest BCUT2D eigenvalue weighted by molar-refractivity contribution is 7.98. The first-order valence-electron chi connectivity index (χ1n) is 7.02. The van der Waals surface area contributed by atoms with Crippen LogP contribution in [0.25, 0.3) is 0 Å². The lowest BCUT2D eigenvalue weighted by Crippen LogP contribution is -2.23. The van der Waals surface area contributed by atoms with Gasteiger partial charge in [-0.1, -0.05) is 19.1 Å². The van der Waals surface area contributed by atoms with Gasteiger partial charge in [0.05, 0.1) is 7.11 Å². The van der Waals surface area contributed by atoms with E-state index in [1.807, 2.05) is 11.8 Å². The van der Waals surface area contributed by atoms with Crippen molar-refractivity contribution in [2.24, 2.45) is 0 Å². The van der Waals surface area contributed by atoms with Crippen LogP contribution >= 0.6 is 11.8 Å². The van der Waals surface area contributed by atoms with Gasteiger partial charge in [-0.15, -0.1) is 0 Å². The number of ether oxygens (including phenoxy) is 1. The fraction of sp³-hybridized carbons (Fsp3) is 0.625. The summed E-state index contributed by atoms with van der Waals surface area (Å²) < 4.78 is 5.65. The summed E-state index contributed by atoms with van der Waals surface area (Å²) in [5, 5.41) is 3.65. The van der Waals surface area contributed by atoms with Gasteiger partial charge in [0.25, 0.3) is 0 Å². The molecule has 0 bridgehead atoms. The molecule has 1 N–H and O–H groups in total.